The Morgan fingerprint density at radius 1 is 0.952 bits per heavy atom. The van der Waals surface area contributed by atoms with E-state index in [1.54, 1.807) is 0 Å². The maximum atomic E-state index is 4.80. The molecule has 0 fully saturated rings. The van der Waals surface area contributed by atoms with Gasteiger partial charge in [-0.3, -0.25) is 0 Å². The molecule has 0 saturated carbocycles. The summed E-state index contributed by atoms with van der Waals surface area (Å²) in [4.78, 5) is 4.80. The highest BCUT2D eigenvalue weighted by molar-refractivity contribution is 5.81. The van der Waals surface area contributed by atoms with E-state index in [9.17, 15) is 0 Å². The summed E-state index contributed by atoms with van der Waals surface area (Å²) in [6.45, 7) is 3.01. The first-order valence-corrected chi connectivity index (χ1v) is 7.53. The van der Waals surface area contributed by atoms with Gasteiger partial charge in [-0.1, -0.05) is 61.9 Å². The third-order valence-corrected chi connectivity index (χ3v) is 3.63. The van der Waals surface area contributed by atoms with Gasteiger partial charge in [0.2, 0.25) is 0 Å². The molecule has 0 bridgehead atoms. The Morgan fingerprint density at radius 3 is 2.52 bits per heavy atom. The van der Waals surface area contributed by atoms with Crippen LogP contribution in [-0.4, -0.2) is 4.98 Å². The van der Waals surface area contributed by atoms with Gasteiger partial charge in [-0.25, -0.2) is 4.98 Å². The van der Waals surface area contributed by atoms with Crippen LogP contribution < -0.4 is 5.32 Å². The van der Waals surface area contributed by atoms with Crippen LogP contribution in [0.4, 0.5) is 5.82 Å². The van der Waals surface area contributed by atoms with Crippen molar-refractivity contribution in [2.24, 2.45) is 0 Å². The smallest absolute Gasteiger partial charge is 0.130 e. The molecule has 2 aromatic carbocycles. The summed E-state index contributed by atoms with van der Waals surface area (Å²) in [5.74, 6) is 1.01. The van der Waals surface area contributed by atoms with Gasteiger partial charge >= 0.3 is 0 Å². The van der Waals surface area contributed by atoms with Crippen molar-refractivity contribution in [3.05, 3.63) is 71.8 Å². The van der Waals surface area contributed by atoms with Gasteiger partial charge in [0.15, 0.2) is 0 Å². The summed E-state index contributed by atoms with van der Waals surface area (Å²) in [6.07, 6.45) is 2.18. The van der Waals surface area contributed by atoms with Gasteiger partial charge in [0.05, 0.1) is 5.52 Å². The molecule has 0 aliphatic heterocycles. The number of benzene rings is 2. The number of anilines is 1. The molecule has 2 heteroatoms. The largest absolute Gasteiger partial charge is 0.366 e. The molecule has 0 atom stereocenters. The molecule has 21 heavy (non-hydrogen) atoms. The van der Waals surface area contributed by atoms with E-state index in [4.69, 9.17) is 4.98 Å². The van der Waals surface area contributed by atoms with Gasteiger partial charge in [0, 0.05) is 11.9 Å². The average Bonchev–Trinajstić information content (AvgIpc) is 2.54. The van der Waals surface area contributed by atoms with Crippen molar-refractivity contribution in [2.45, 2.75) is 26.3 Å². The van der Waals surface area contributed by atoms with E-state index < -0.39 is 0 Å². The normalized spacial score (nSPS) is 10.7. The van der Waals surface area contributed by atoms with Crippen LogP contribution in [0.25, 0.3) is 10.9 Å². The highest BCUT2D eigenvalue weighted by Gasteiger charge is 2.06. The maximum Gasteiger partial charge on any atom is 0.130 e. The SMILES string of the molecule is CCCc1cc2ccccc2nc1NCc1ccccc1. The zero-order valence-electron chi connectivity index (χ0n) is 12.3. The average molecular weight is 276 g/mol. The maximum absolute atomic E-state index is 4.80. The molecule has 0 aliphatic rings. The zero-order valence-corrected chi connectivity index (χ0v) is 12.3. The summed E-state index contributed by atoms with van der Waals surface area (Å²) in [6, 6.07) is 21.0. The van der Waals surface area contributed by atoms with Crippen LogP contribution in [0.15, 0.2) is 60.7 Å². The number of nitrogens with zero attached hydrogens (tertiary/aromatic N) is 1. The fraction of sp³-hybridized carbons (Fsp3) is 0.211. The fourth-order valence-electron chi connectivity index (χ4n) is 2.55. The second-order valence-electron chi connectivity index (χ2n) is 5.28. The number of nitrogens with one attached hydrogen (secondary N) is 1. The number of aromatic nitrogens is 1. The van der Waals surface area contributed by atoms with Gasteiger partial charge in [0.25, 0.3) is 0 Å². The molecule has 0 spiro atoms. The lowest BCUT2D eigenvalue weighted by Gasteiger charge is -2.12. The number of aryl methyl sites for hydroxylation is 1. The lowest BCUT2D eigenvalue weighted by Crippen LogP contribution is -2.05. The molecule has 0 unspecified atom stereocenters. The van der Waals surface area contributed by atoms with Crippen LogP contribution >= 0.6 is 0 Å². The molecule has 1 heterocycles. The third-order valence-electron chi connectivity index (χ3n) is 3.63. The van der Waals surface area contributed by atoms with Crippen molar-refractivity contribution < 1.29 is 0 Å². The van der Waals surface area contributed by atoms with Gasteiger partial charge in [-0.15, -0.1) is 0 Å². The number of fused-ring (bicyclic) bond motifs is 1. The summed E-state index contributed by atoms with van der Waals surface area (Å²) < 4.78 is 0. The van der Waals surface area contributed by atoms with Crippen LogP contribution in [0, 0.1) is 0 Å². The number of hydrogen-bond donors (Lipinski definition) is 1. The van der Waals surface area contributed by atoms with Crippen LogP contribution in [0.3, 0.4) is 0 Å². The minimum absolute atomic E-state index is 0.808. The Hall–Kier alpha value is -2.35. The van der Waals surface area contributed by atoms with Gasteiger partial charge in [-0.2, -0.15) is 0 Å². The second-order valence-corrected chi connectivity index (χ2v) is 5.28. The molecular formula is C19H20N2. The van der Waals surface area contributed by atoms with Crippen molar-refractivity contribution in [2.75, 3.05) is 5.32 Å². The second kappa shape index (κ2) is 6.40. The predicted molar refractivity (Wildman–Crippen MR) is 89.5 cm³/mol. The van der Waals surface area contributed by atoms with Gasteiger partial charge < -0.3 is 5.32 Å². The van der Waals surface area contributed by atoms with E-state index in [0.717, 1.165) is 30.7 Å². The van der Waals surface area contributed by atoms with E-state index in [-0.39, 0.29) is 0 Å². The molecule has 3 aromatic rings. The first kappa shape index (κ1) is 13.6. The van der Waals surface area contributed by atoms with Crippen LogP contribution in [0.1, 0.15) is 24.5 Å². The Kier molecular flexibility index (Phi) is 4.15. The lowest BCUT2D eigenvalue weighted by atomic mass is 10.1. The number of pyridine rings is 1. The summed E-state index contributed by atoms with van der Waals surface area (Å²) in [5, 5.41) is 4.71. The molecule has 3 rings (SSSR count). The Bertz CT molecular complexity index is 720. The van der Waals surface area contributed by atoms with Crippen LogP contribution in [0.5, 0.6) is 0 Å². The summed E-state index contributed by atoms with van der Waals surface area (Å²) >= 11 is 0. The number of para-hydroxylation sites is 1. The lowest BCUT2D eigenvalue weighted by molar-refractivity contribution is 0.914. The molecule has 1 aromatic heterocycles. The highest BCUT2D eigenvalue weighted by Crippen LogP contribution is 2.22. The standard InChI is InChI=1S/C19H20N2/c1-2-8-17-13-16-11-6-7-12-18(16)21-19(17)20-14-15-9-4-3-5-10-15/h3-7,9-13H,2,8,14H2,1H3,(H,20,21). The molecule has 0 amide bonds. The third kappa shape index (κ3) is 3.22. The molecule has 2 nitrogen and oxygen atoms in total. The predicted octanol–water partition coefficient (Wildman–Crippen LogP) is 4.80. The van der Waals surface area contributed by atoms with Gasteiger partial charge in [0.1, 0.15) is 5.82 Å². The Morgan fingerprint density at radius 2 is 1.71 bits per heavy atom. The molecule has 0 saturated heterocycles. The minimum Gasteiger partial charge on any atom is -0.366 e. The summed E-state index contributed by atoms with van der Waals surface area (Å²) in [7, 11) is 0. The first-order chi connectivity index (χ1) is 10.4. The number of hydrogen-bond acceptors (Lipinski definition) is 2. The molecule has 106 valence electrons. The first-order valence-electron chi connectivity index (χ1n) is 7.53. The van der Waals surface area contributed by atoms with E-state index in [1.807, 2.05) is 12.1 Å². The van der Waals surface area contributed by atoms with E-state index >= 15 is 0 Å². The van der Waals surface area contributed by atoms with Crippen LogP contribution in [-0.2, 0) is 13.0 Å². The highest BCUT2D eigenvalue weighted by atomic mass is 15.0. The fourth-order valence-corrected chi connectivity index (χ4v) is 2.55. The monoisotopic (exact) mass is 276 g/mol. The van der Waals surface area contributed by atoms with Crippen LogP contribution in [0.2, 0.25) is 0 Å². The zero-order chi connectivity index (χ0) is 14.5. The van der Waals surface area contributed by atoms with Crippen molar-refractivity contribution in [3.8, 4) is 0 Å². The van der Waals surface area contributed by atoms with Crippen molar-refractivity contribution in [3.63, 3.8) is 0 Å². The minimum atomic E-state index is 0.808. The van der Waals surface area contributed by atoms with Crippen molar-refractivity contribution >= 4 is 16.7 Å². The molecule has 1 N–H and O–H groups in total. The Labute approximate surface area is 125 Å². The Balaban J connectivity index is 1.90. The number of rotatable bonds is 5. The van der Waals surface area contributed by atoms with Crippen molar-refractivity contribution in [1.29, 1.82) is 0 Å². The molecule has 0 radical (unpaired) electrons. The topological polar surface area (TPSA) is 24.9 Å². The molecular weight excluding hydrogens is 256 g/mol. The van der Waals surface area contributed by atoms with E-state index in [0.29, 0.717) is 0 Å². The van der Waals surface area contributed by atoms with Crippen molar-refractivity contribution in [1.82, 2.24) is 4.98 Å². The quantitative estimate of drug-likeness (QED) is 0.724. The van der Waals surface area contributed by atoms with E-state index in [2.05, 4.69) is 60.8 Å². The molecule has 0 aliphatic carbocycles. The van der Waals surface area contributed by atoms with E-state index in [1.165, 1.54) is 16.5 Å². The summed E-state index contributed by atoms with van der Waals surface area (Å²) in [5.41, 5.74) is 3.62. The van der Waals surface area contributed by atoms with Gasteiger partial charge in [-0.05, 0) is 29.7 Å².